The highest BCUT2D eigenvalue weighted by molar-refractivity contribution is 5.85. The summed E-state index contributed by atoms with van der Waals surface area (Å²) in [4.78, 5) is 25.9. The molecule has 1 atom stereocenters. The first-order valence-electron chi connectivity index (χ1n) is 9.34. The number of pyridine rings is 1. The Morgan fingerprint density at radius 2 is 2.21 bits per heavy atom. The van der Waals surface area contributed by atoms with Crippen molar-refractivity contribution in [3.8, 4) is 5.75 Å². The molecule has 8 heteroatoms. The second-order valence-corrected chi connectivity index (χ2v) is 6.89. The number of nitrogens with one attached hydrogen (secondary N) is 2. The number of carbonyl (C=O) groups excluding carboxylic acids is 1. The number of benzene rings is 1. The summed E-state index contributed by atoms with van der Waals surface area (Å²) in [6.07, 6.45) is 3.62. The lowest BCUT2D eigenvalue weighted by molar-refractivity contribution is -0.123. The second kappa shape index (κ2) is 8.37. The minimum Gasteiger partial charge on any atom is -0.481 e. The molecule has 1 aromatic carbocycles. The van der Waals surface area contributed by atoms with E-state index in [0.29, 0.717) is 12.3 Å². The average molecular weight is 381 g/mol. The van der Waals surface area contributed by atoms with Crippen molar-refractivity contribution >= 4 is 16.8 Å². The number of rotatable bonds is 7. The zero-order valence-electron chi connectivity index (χ0n) is 15.5. The van der Waals surface area contributed by atoms with Crippen LogP contribution in [0.1, 0.15) is 11.4 Å². The number of nitrogens with zero attached hydrogens (tertiary/aromatic N) is 3. The van der Waals surface area contributed by atoms with Gasteiger partial charge in [-0.05, 0) is 12.1 Å². The molecule has 1 aliphatic heterocycles. The van der Waals surface area contributed by atoms with Crippen LogP contribution in [0.5, 0.6) is 5.75 Å². The number of carbonyl (C=O) groups is 1. The summed E-state index contributed by atoms with van der Waals surface area (Å²) in [5.41, 5.74) is 2.92. The summed E-state index contributed by atoms with van der Waals surface area (Å²) in [7, 11) is 0. The zero-order chi connectivity index (χ0) is 19.3. The molecule has 2 aromatic heterocycles. The van der Waals surface area contributed by atoms with Crippen LogP contribution in [-0.2, 0) is 17.8 Å². The summed E-state index contributed by atoms with van der Waals surface area (Å²) < 4.78 is 5.62. The van der Waals surface area contributed by atoms with E-state index in [0.717, 1.165) is 41.8 Å². The van der Waals surface area contributed by atoms with Crippen LogP contribution >= 0.6 is 0 Å². The highest BCUT2D eigenvalue weighted by Gasteiger charge is 2.20. The van der Waals surface area contributed by atoms with Crippen molar-refractivity contribution in [1.82, 2.24) is 25.2 Å². The molecule has 0 saturated heterocycles. The summed E-state index contributed by atoms with van der Waals surface area (Å²) in [6, 6.07) is 9.40. The third-order valence-electron chi connectivity index (χ3n) is 4.81. The molecule has 146 valence electrons. The SMILES string of the molecule is O=C(COc1cccc2cccnc12)NCC(O)CN1CCc2nc[nH]c2C1. The van der Waals surface area contributed by atoms with E-state index in [-0.39, 0.29) is 19.1 Å². The summed E-state index contributed by atoms with van der Waals surface area (Å²) in [6.45, 7) is 2.14. The fraction of sp³-hybridized carbons (Fsp3) is 0.350. The third-order valence-corrected chi connectivity index (χ3v) is 4.81. The van der Waals surface area contributed by atoms with Gasteiger partial charge < -0.3 is 20.1 Å². The molecule has 1 aliphatic rings. The summed E-state index contributed by atoms with van der Waals surface area (Å²) >= 11 is 0. The Balaban J connectivity index is 1.22. The predicted molar refractivity (Wildman–Crippen MR) is 104 cm³/mol. The van der Waals surface area contributed by atoms with Gasteiger partial charge >= 0.3 is 0 Å². The number of H-pyrrole nitrogens is 1. The first-order valence-corrected chi connectivity index (χ1v) is 9.34. The van der Waals surface area contributed by atoms with Gasteiger partial charge in [0.25, 0.3) is 5.91 Å². The van der Waals surface area contributed by atoms with Gasteiger partial charge in [-0.25, -0.2) is 4.98 Å². The molecule has 3 aromatic rings. The first kappa shape index (κ1) is 18.4. The van der Waals surface area contributed by atoms with Crippen molar-refractivity contribution in [1.29, 1.82) is 0 Å². The number of hydrogen-bond donors (Lipinski definition) is 3. The largest absolute Gasteiger partial charge is 0.481 e. The molecule has 3 heterocycles. The van der Waals surface area contributed by atoms with Gasteiger partial charge in [-0.2, -0.15) is 0 Å². The molecular formula is C20H23N5O3. The van der Waals surface area contributed by atoms with Gasteiger partial charge in [0.1, 0.15) is 11.3 Å². The zero-order valence-corrected chi connectivity index (χ0v) is 15.5. The monoisotopic (exact) mass is 381 g/mol. The van der Waals surface area contributed by atoms with Crippen molar-refractivity contribution < 1.29 is 14.6 Å². The lowest BCUT2D eigenvalue weighted by Gasteiger charge is -2.28. The molecule has 28 heavy (non-hydrogen) atoms. The van der Waals surface area contributed by atoms with E-state index < -0.39 is 6.10 Å². The molecule has 0 fully saturated rings. The number of imidazole rings is 1. The van der Waals surface area contributed by atoms with E-state index in [2.05, 4.69) is 25.2 Å². The molecule has 1 unspecified atom stereocenters. The fourth-order valence-electron chi connectivity index (χ4n) is 3.41. The molecule has 0 aliphatic carbocycles. The standard InChI is InChI=1S/C20H23N5O3/c26-15(10-25-8-6-16-17(11-25)24-13-23-16)9-22-19(27)12-28-18-5-1-3-14-4-2-7-21-20(14)18/h1-5,7,13,15,26H,6,8-12H2,(H,22,27)(H,23,24). The van der Waals surface area contributed by atoms with E-state index in [1.54, 1.807) is 18.6 Å². The van der Waals surface area contributed by atoms with E-state index in [1.165, 1.54) is 0 Å². The minimum atomic E-state index is -0.646. The maximum Gasteiger partial charge on any atom is 0.258 e. The van der Waals surface area contributed by atoms with Crippen molar-refractivity contribution in [3.63, 3.8) is 0 Å². The van der Waals surface area contributed by atoms with E-state index in [9.17, 15) is 9.90 Å². The molecule has 4 rings (SSSR count). The summed E-state index contributed by atoms with van der Waals surface area (Å²) in [5, 5.41) is 13.9. The molecule has 8 nitrogen and oxygen atoms in total. The van der Waals surface area contributed by atoms with E-state index >= 15 is 0 Å². The average Bonchev–Trinajstić information content (AvgIpc) is 3.18. The number of β-amino-alcohol motifs (C(OH)–C–C–N with tert-alkyl or cyclic N) is 1. The smallest absolute Gasteiger partial charge is 0.258 e. The van der Waals surface area contributed by atoms with Gasteiger partial charge in [0.15, 0.2) is 6.61 Å². The Morgan fingerprint density at radius 1 is 1.32 bits per heavy atom. The number of aromatic nitrogens is 3. The van der Waals surface area contributed by atoms with Crippen molar-refractivity contribution in [2.45, 2.75) is 19.1 Å². The Kier molecular flexibility index (Phi) is 5.50. The number of aliphatic hydroxyl groups is 1. The van der Waals surface area contributed by atoms with Crippen LogP contribution in [0.3, 0.4) is 0 Å². The Morgan fingerprint density at radius 3 is 3.14 bits per heavy atom. The van der Waals surface area contributed by atoms with Gasteiger partial charge in [0, 0.05) is 44.2 Å². The van der Waals surface area contributed by atoms with Crippen LogP contribution in [0.25, 0.3) is 10.9 Å². The van der Waals surface area contributed by atoms with Crippen LogP contribution in [0.15, 0.2) is 42.9 Å². The topological polar surface area (TPSA) is 103 Å². The Labute approximate surface area is 162 Å². The number of ether oxygens (including phenoxy) is 1. The number of amides is 1. The van der Waals surface area contributed by atoms with Crippen LogP contribution < -0.4 is 10.1 Å². The van der Waals surface area contributed by atoms with Crippen molar-refractivity contribution in [2.75, 3.05) is 26.2 Å². The minimum absolute atomic E-state index is 0.121. The molecule has 0 saturated carbocycles. The number of hydrogen-bond acceptors (Lipinski definition) is 6. The van der Waals surface area contributed by atoms with Crippen LogP contribution in [0, 0.1) is 0 Å². The highest BCUT2D eigenvalue weighted by Crippen LogP contribution is 2.22. The summed E-state index contributed by atoms with van der Waals surface area (Å²) in [5.74, 6) is 0.291. The molecule has 3 N–H and O–H groups in total. The van der Waals surface area contributed by atoms with Gasteiger partial charge in [-0.15, -0.1) is 0 Å². The number of aromatic amines is 1. The van der Waals surface area contributed by atoms with Crippen molar-refractivity contribution in [3.05, 3.63) is 54.2 Å². The van der Waals surface area contributed by atoms with Gasteiger partial charge in [0.2, 0.25) is 0 Å². The number of para-hydroxylation sites is 1. The molecule has 0 radical (unpaired) electrons. The van der Waals surface area contributed by atoms with Gasteiger partial charge in [-0.3, -0.25) is 14.7 Å². The maximum absolute atomic E-state index is 12.1. The van der Waals surface area contributed by atoms with Crippen LogP contribution in [0.2, 0.25) is 0 Å². The van der Waals surface area contributed by atoms with Crippen LogP contribution in [0.4, 0.5) is 0 Å². The molecule has 0 bridgehead atoms. The predicted octanol–water partition coefficient (Wildman–Crippen LogP) is 0.872. The van der Waals surface area contributed by atoms with Crippen LogP contribution in [-0.4, -0.2) is 63.2 Å². The molecule has 1 amide bonds. The molecule has 0 spiro atoms. The maximum atomic E-state index is 12.1. The second-order valence-electron chi connectivity index (χ2n) is 6.89. The quantitative estimate of drug-likeness (QED) is 0.561. The Bertz CT molecular complexity index is 952. The third kappa shape index (κ3) is 4.29. The van der Waals surface area contributed by atoms with Gasteiger partial charge in [-0.1, -0.05) is 18.2 Å². The normalized spacial score (nSPS) is 15.2. The highest BCUT2D eigenvalue weighted by atomic mass is 16.5. The van der Waals surface area contributed by atoms with E-state index in [1.807, 2.05) is 24.3 Å². The Hall–Kier alpha value is -2.97. The fourth-order valence-corrected chi connectivity index (χ4v) is 3.41. The number of aliphatic hydroxyl groups excluding tert-OH is 1. The number of fused-ring (bicyclic) bond motifs is 2. The van der Waals surface area contributed by atoms with E-state index in [4.69, 9.17) is 4.74 Å². The first-order chi connectivity index (χ1) is 13.7. The van der Waals surface area contributed by atoms with Gasteiger partial charge in [0.05, 0.1) is 23.8 Å². The van der Waals surface area contributed by atoms with Crippen molar-refractivity contribution in [2.24, 2.45) is 0 Å². The lowest BCUT2D eigenvalue weighted by Crippen LogP contribution is -2.43. The lowest BCUT2D eigenvalue weighted by atomic mass is 10.1. The molecular weight excluding hydrogens is 358 g/mol.